The van der Waals surface area contributed by atoms with E-state index >= 15 is 0 Å². The first-order chi connectivity index (χ1) is 11.3. The van der Waals surface area contributed by atoms with Crippen molar-refractivity contribution in [3.63, 3.8) is 0 Å². The van der Waals surface area contributed by atoms with Crippen molar-refractivity contribution in [3.05, 3.63) is 60.2 Å². The van der Waals surface area contributed by atoms with Crippen LogP contribution in [0.3, 0.4) is 0 Å². The Morgan fingerprint density at radius 1 is 1.17 bits per heavy atom. The van der Waals surface area contributed by atoms with Gasteiger partial charge in [0.2, 0.25) is 5.91 Å². The number of rotatable bonds is 5. The first-order valence-corrected chi connectivity index (χ1v) is 7.93. The van der Waals surface area contributed by atoms with Gasteiger partial charge in [0.25, 0.3) is 0 Å². The van der Waals surface area contributed by atoms with E-state index in [1.54, 1.807) is 13.8 Å². The number of amides is 1. The monoisotopic (exact) mass is 343 g/mol. The van der Waals surface area contributed by atoms with Crippen LogP contribution >= 0.6 is 12.2 Å². The Morgan fingerprint density at radius 2 is 1.88 bits per heavy atom. The molecule has 0 spiro atoms. The Bertz CT molecular complexity index is 712. The normalized spacial score (nSPS) is 10.8. The van der Waals surface area contributed by atoms with E-state index in [0.717, 1.165) is 11.3 Å². The number of benzene rings is 2. The molecule has 0 radical (unpaired) electrons. The molecular formula is C18H21N3O2S. The van der Waals surface area contributed by atoms with E-state index in [-0.39, 0.29) is 11.0 Å². The maximum atomic E-state index is 11.8. The molecular weight excluding hydrogens is 322 g/mol. The van der Waals surface area contributed by atoms with Gasteiger partial charge in [-0.2, -0.15) is 0 Å². The molecule has 2 aromatic rings. The highest BCUT2D eigenvalue weighted by molar-refractivity contribution is 7.80. The predicted molar refractivity (Wildman–Crippen MR) is 99.8 cm³/mol. The van der Waals surface area contributed by atoms with Crippen LogP contribution in [0.5, 0.6) is 5.75 Å². The minimum atomic E-state index is -0.994. The fraction of sp³-hybridized carbons (Fsp3) is 0.222. The van der Waals surface area contributed by atoms with Crippen LogP contribution in [-0.4, -0.2) is 16.6 Å². The average molecular weight is 343 g/mol. The molecule has 2 rings (SSSR count). The van der Waals surface area contributed by atoms with Crippen LogP contribution in [0, 0.1) is 0 Å². The fourth-order valence-electron chi connectivity index (χ4n) is 1.83. The molecule has 0 aliphatic heterocycles. The summed E-state index contributed by atoms with van der Waals surface area (Å²) < 4.78 is 5.76. The summed E-state index contributed by atoms with van der Waals surface area (Å²) in [5, 5.41) is 5.70. The molecule has 1 amide bonds. The Kier molecular flexibility index (Phi) is 5.89. The number of carbonyl (C=O) groups is 1. The molecule has 126 valence electrons. The highest BCUT2D eigenvalue weighted by atomic mass is 32.1. The van der Waals surface area contributed by atoms with Crippen molar-refractivity contribution < 1.29 is 9.53 Å². The first-order valence-electron chi connectivity index (χ1n) is 7.53. The van der Waals surface area contributed by atoms with E-state index in [1.807, 2.05) is 54.6 Å². The van der Waals surface area contributed by atoms with Gasteiger partial charge < -0.3 is 21.1 Å². The highest BCUT2D eigenvalue weighted by Gasteiger charge is 2.22. The highest BCUT2D eigenvalue weighted by Crippen LogP contribution is 2.18. The van der Waals surface area contributed by atoms with E-state index in [2.05, 4.69) is 10.6 Å². The minimum absolute atomic E-state index is 0.193. The number of anilines is 1. The number of thiocarbonyl (C=S) groups is 1. The summed E-state index contributed by atoms with van der Waals surface area (Å²) in [6.07, 6.45) is 0. The van der Waals surface area contributed by atoms with Crippen molar-refractivity contribution in [1.82, 2.24) is 5.32 Å². The van der Waals surface area contributed by atoms with Crippen molar-refractivity contribution in [1.29, 1.82) is 0 Å². The zero-order valence-electron chi connectivity index (χ0n) is 13.7. The van der Waals surface area contributed by atoms with Crippen LogP contribution < -0.4 is 21.1 Å². The van der Waals surface area contributed by atoms with Gasteiger partial charge in [-0.3, -0.25) is 4.79 Å². The SMILES string of the molecule is CC(C)(N)C(=O)NC(=S)Nc1cccc(OCc2ccccc2)c1. The van der Waals surface area contributed by atoms with Gasteiger partial charge in [0.1, 0.15) is 12.4 Å². The molecule has 4 N–H and O–H groups in total. The summed E-state index contributed by atoms with van der Waals surface area (Å²) >= 11 is 5.13. The Morgan fingerprint density at radius 3 is 2.54 bits per heavy atom. The topological polar surface area (TPSA) is 76.4 Å². The maximum Gasteiger partial charge on any atom is 0.245 e. The van der Waals surface area contributed by atoms with Crippen molar-refractivity contribution >= 4 is 28.9 Å². The minimum Gasteiger partial charge on any atom is -0.489 e. The number of carbonyl (C=O) groups excluding carboxylic acids is 1. The Hall–Kier alpha value is -2.44. The van der Waals surface area contributed by atoms with Gasteiger partial charge in [-0.1, -0.05) is 36.4 Å². The lowest BCUT2D eigenvalue weighted by Gasteiger charge is -2.18. The summed E-state index contributed by atoms with van der Waals surface area (Å²) in [5.74, 6) is 0.355. The zero-order valence-corrected chi connectivity index (χ0v) is 14.5. The number of nitrogens with one attached hydrogen (secondary N) is 2. The molecule has 0 bridgehead atoms. The van der Waals surface area contributed by atoms with E-state index < -0.39 is 5.54 Å². The largest absolute Gasteiger partial charge is 0.489 e. The third-order valence-corrected chi connectivity index (χ3v) is 3.36. The molecule has 0 aliphatic carbocycles. The quantitative estimate of drug-likeness (QED) is 0.728. The smallest absolute Gasteiger partial charge is 0.245 e. The van der Waals surface area contributed by atoms with Crippen LogP contribution in [0.25, 0.3) is 0 Å². The number of ether oxygens (including phenoxy) is 1. The molecule has 0 fully saturated rings. The van der Waals surface area contributed by atoms with Gasteiger partial charge in [-0.15, -0.1) is 0 Å². The summed E-state index contributed by atoms with van der Waals surface area (Å²) in [4.78, 5) is 11.8. The summed E-state index contributed by atoms with van der Waals surface area (Å²) in [5.41, 5.74) is 6.54. The van der Waals surface area contributed by atoms with Gasteiger partial charge in [-0.05, 0) is 43.8 Å². The maximum absolute atomic E-state index is 11.8. The number of hydrogen-bond donors (Lipinski definition) is 3. The second-order valence-corrected chi connectivity index (χ2v) is 6.34. The molecule has 0 atom stereocenters. The third kappa shape index (κ3) is 5.64. The molecule has 0 aliphatic rings. The second kappa shape index (κ2) is 7.90. The molecule has 24 heavy (non-hydrogen) atoms. The molecule has 0 unspecified atom stereocenters. The summed E-state index contributed by atoms with van der Waals surface area (Å²) in [6, 6.07) is 17.3. The number of hydrogen-bond acceptors (Lipinski definition) is 4. The number of nitrogens with two attached hydrogens (primary N) is 1. The fourth-order valence-corrected chi connectivity index (χ4v) is 2.04. The molecule has 2 aromatic carbocycles. The van der Waals surface area contributed by atoms with Crippen LogP contribution in [0.1, 0.15) is 19.4 Å². The third-order valence-electron chi connectivity index (χ3n) is 3.15. The lowest BCUT2D eigenvalue weighted by atomic mass is 10.1. The van der Waals surface area contributed by atoms with E-state index in [0.29, 0.717) is 12.4 Å². The summed E-state index contributed by atoms with van der Waals surface area (Å²) in [6.45, 7) is 3.71. The van der Waals surface area contributed by atoms with Gasteiger partial charge in [-0.25, -0.2) is 0 Å². The molecule has 5 nitrogen and oxygen atoms in total. The van der Waals surface area contributed by atoms with Gasteiger partial charge in [0.15, 0.2) is 5.11 Å². The van der Waals surface area contributed by atoms with Crippen molar-refractivity contribution in [2.24, 2.45) is 5.73 Å². The van der Waals surface area contributed by atoms with Crippen LogP contribution in [-0.2, 0) is 11.4 Å². The molecule has 0 heterocycles. The molecule has 0 aromatic heterocycles. The Balaban J connectivity index is 1.92. The second-order valence-electron chi connectivity index (χ2n) is 5.93. The van der Waals surface area contributed by atoms with Crippen molar-refractivity contribution in [2.45, 2.75) is 26.0 Å². The van der Waals surface area contributed by atoms with E-state index in [1.165, 1.54) is 0 Å². The van der Waals surface area contributed by atoms with Crippen molar-refractivity contribution in [3.8, 4) is 5.75 Å². The standard InChI is InChI=1S/C18H21N3O2S/c1-18(2,19)16(22)21-17(24)20-14-9-6-10-15(11-14)23-12-13-7-4-3-5-8-13/h3-11H,12,19H2,1-2H3,(H2,20,21,22,24). The van der Waals surface area contributed by atoms with Crippen LogP contribution in [0.4, 0.5) is 5.69 Å². The average Bonchev–Trinajstić information content (AvgIpc) is 2.53. The van der Waals surface area contributed by atoms with Crippen LogP contribution in [0.15, 0.2) is 54.6 Å². The summed E-state index contributed by atoms with van der Waals surface area (Å²) in [7, 11) is 0. The lowest BCUT2D eigenvalue weighted by Crippen LogP contribution is -2.51. The van der Waals surface area contributed by atoms with Gasteiger partial charge >= 0.3 is 0 Å². The van der Waals surface area contributed by atoms with Crippen molar-refractivity contribution in [2.75, 3.05) is 5.32 Å². The molecule has 6 heteroatoms. The van der Waals surface area contributed by atoms with E-state index in [9.17, 15) is 4.79 Å². The first kappa shape index (κ1) is 17.9. The lowest BCUT2D eigenvalue weighted by molar-refractivity contribution is -0.123. The molecule has 0 saturated heterocycles. The van der Waals surface area contributed by atoms with E-state index in [4.69, 9.17) is 22.7 Å². The predicted octanol–water partition coefficient (Wildman–Crippen LogP) is 2.82. The Labute approximate surface area is 147 Å². The van der Waals surface area contributed by atoms with Gasteiger partial charge in [0.05, 0.1) is 5.54 Å². The molecule has 0 saturated carbocycles. The van der Waals surface area contributed by atoms with Gasteiger partial charge in [0, 0.05) is 11.8 Å². The zero-order chi connectivity index (χ0) is 17.6. The van der Waals surface area contributed by atoms with Crippen LogP contribution in [0.2, 0.25) is 0 Å².